The van der Waals surface area contributed by atoms with Crippen molar-refractivity contribution in [2.75, 3.05) is 0 Å². The van der Waals surface area contributed by atoms with Crippen LogP contribution < -0.4 is 0 Å². The molecule has 0 aliphatic heterocycles. The van der Waals surface area contributed by atoms with Crippen molar-refractivity contribution in [3.63, 3.8) is 0 Å². The minimum Gasteiger partial charge on any atom is -0.166 e. The molecule has 0 heterocycles. The van der Waals surface area contributed by atoms with Crippen LogP contribution in [0, 0.1) is 0 Å². The number of hydrogen-bond donors (Lipinski definition) is 0. The molecule has 144 valence electrons. The van der Waals surface area contributed by atoms with Crippen LogP contribution >= 0.6 is 0 Å². The van der Waals surface area contributed by atoms with E-state index in [-0.39, 0.29) is 0 Å². The van der Waals surface area contributed by atoms with Gasteiger partial charge in [-0.2, -0.15) is 13.2 Å². The zero-order chi connectivity index (χ0) is 19.9. The number of hydrogen-bond acceptors (Lipinski definition) is 0. The van der Waals surface area contributed by atoms with E-state index in [2.05, 4.69) is 50.2 Å². The summed E-state index contributed by atoms with van der Waals surface area (Å²) in [7, 11) is 0. The standard InChI is InChI=1S/C25H23F3/c1-16(2)23-14-20-13-21(20)15-24(23)19-10-8-17(9-11-19)6-7-18-4-3-5-22(12-18)25(26,27)28/h3-5,8-12,14-16H,6-7,13H2,1-2H3. The molecule has 0 bridgehead atoms. The molecule has 0 aromatic heterocycles. The number of rotatable bonds is 5. The van der Waals surface area contributed by atoms with Gasteiger partial charge >= 0.3 is 6.18 Å². The Labute approximate surface area is 164 Å². The third kappa shape index (κ3) is 3.99. The summed E-state index contributed by atoms with van der Waals surface area (Å²) in [5, 5.41) is 0. The van der Waals surface area contributed by atoms with E-state index >= 15 is 0 Å². The van der Waals surface area contributed by atoms with Crippen LogP contribution in [-0.2, 0) is 25.4 Å². The molecule has 4 rings (SSSR count). The Morgan fingerprint density at radius 1 is 0.821 bits per heavy atom. The molecule has 1 aliphatic carbocycles. The van der Waals surface area contributed by atoms with Crippen molar-refractivity contribution >= 4 is 0 Å². The fourth-order valence-electron chi connectivity index (χ4n) is 3.74. The van der Waals surface area contributed by atoms with E-state index in [1.807, 2.05) is 0 Å². The van der Waals surface area contributed by atoms with Gasteiger partial charge in [0.15, 0.2) is 0 Å². The lowest BCUT2D eigenvalue weighted by Crippen LogP contribution is -2.05. The topological polar surface area (TPSA) is 0 Å². The molecule has 0 fully saturated rings. The highest BCUT2D eigenvalue weighted by Gasteiger charge is 2.30. The van der Waals surface area contributed by atoms with Crippen molar-refractivity contribution in [3.8, 4) is 11.1 Å². The molecule has 0 nitrogen and oxygen atoms in total. The maximum absolute atomic E-state index is 12.9. The van der Waals surface area contributed by atoms with Crippen LogP contribution in [-0.4, -0.2) is 0 Å². The number of benzene rings is 3. The second-order valence-corrected chi connectivity index (χ2v) is 7.93. The number of aryl methyl sites for hydroxylation is 2. The molecule has 3 heteroatoms. The Balaban J connectivity index is 1.49. The van der Waals surface area contributed by atoms with Gasteiger partial charge in [-0.25, -0.2) is 0 Å². The zero-order valence-corrected chi connectivity index (χ0v) is 16.1. The first-order chi connectivity index (χ1) is 13.3. The van der Waals surface area contributed by atoms with Crippen LogP contribution in [0.3, 0.4) is 0 Å². The summed E-state index contributed by atoms with van der Waals surface area (Å²) in [5.41, 5.74) is 8.07. The SMILES string of the molecule is CC(C)c1cc2c(cc1-c1ccc(CCc3cccc(C(F)(F)F)c3)cc1)C2. The third-order valence-corrected chi connectivity index (χ3v) is 5.47. The highest BCUT2D eigenvalue weighted by atomic mass is 19.4. The van der Waals surface area contributed by atoms with Gasteiger partial charge < -0.3 is 0 Å². The lowest BCUT2D eigenvalue weighted by molar-refractivity contribution is -0.137. The van der Waals surface area contributed by atoms with Crippen molar-refractivity contribution in [2.45, 2.75) is 45.2 Å². The van der Waals surface area contributed by atoms with Gasteiger partial charge in [-0.15, -0.1) is 0 Å². The van der Waals surface area contributed by atoms with Crippen molar-refractivity contribution in [3.05, 3.63) is 94.0 Å². The Kier molecular flexibility index (Phi) is 4.78. The number of alkyl halides is 3. The molecule has 0 unspecified atom stereocenters. The van der Waals surface area contributed by atoms with Crippen molar-refractivity contribution in [1.29, 1.82) is 0 Å². The molecule has 0 saturated heterocycles. The molecule has 1 aliphatic rings. The van der Waals surface area contributed by atoms with E-state index in [1.54, 1.807) is 6.07 Å². The van der Waals surface area contributed by atoms with Gasteiger partial charge in [0.1, 0.15) is 0 Å². The molecule has 0 spiro atoms. The molecule has 0 N–H and O–H groups in total. The van der Waals surface area contributed by atoms with Crippen molar-refractivity contribution in [2.24, 2.45) is 0 Å². The third-order valence-electron chi connectivity index (χ3n) is 5.47. The summed E-state index contributed by atoms with van der Waals surface area (Å²) in [5.74, 6) is 0.474. The van der Waals surface area contributed by atoms with E-state index in [0.717, 1.165) is 24.5 Å². The summed E-state index contributed by atoms with van der Waals surface area (Å²) in [6, 6.07) is 18.7. The first kappa shape index (κ1) is 18.8. The van der Waals surface area contributed by atoms with E-state index in [9.17, 15) is 13.2 Å². The van der Waals surface area contributed by atoms with Gasteiger partial charge in [-0.3, -0.25) is 0 Å². The van der Waals surface area contributed by atoms with E-state index < -0.39 is 11.7 Å². The normalized spacial score (nSPS) is 12.9. The fraction of sp³-hybridized carbons (Fsp3) is 0.280. The van der Waals surface area contributed by atoms with Crippen LogP contribution in [0.4, 0.5) is 13.2 Å². The number of halogens is 3. The van der Waals surface area contributed by atoms with E-state index in [1.165, 1.54) is 39.9 Å². The molecule has 0 amide bonds. The van der Waals surface area contributed by atoms with E-state index in [4.69, 9.17) is 0 Å². The lowest BCUT2D eigenvalue weighted by Gasteiger charge is -2.13. The number of fused-ring (bicyclic) bond motifs is 1. The summed E-state index contributed by atoms with van der Waals surface area (Å²) in [6.45, 7) is 4.44. The van der Waals surface area contributed by atoms with Gasteiger partial charge in [0.05, 0.1) is 5.56 Å². The van der Waals surface area contributed by atoms with Crippen LogP contribution in [0.25, 0.3) is 11.1 Å². The molecule has 0 saturated carbocycles. The molecular weight excluding hydrogens is 357 g/mol. The monoisotopic (exact) mass is 380 g/mol. The molecule has 28 heavy (non-hydrogen) atoms. The summed E-state index contributed by atoms with van der Waals surface area (Å²) in [6.07, 6.45) is -1.86. The molecule has 3 aromatic rings. The Bertz CT molecular complexity index is 995. The highest BCUT2D eigenvalue weighted by molar-refractivity contribution is 5.72. The maximum Gasteiger partial charge on any atom is 0.416 e. The molecular formula is C25H23F3. The van der Waals surface area contributed by atoms with Gasteiger partial charge in [0.2, 0.25) is 0 Å². The zero-order valence-electron chi connectivity index (χ0n) is 16.1. The smallest absolute Gasteiger partial charge is 0.166 e. The summed E-state index contributed by atoms with van der Waals surface area (Å²) < 4.78 is 38.6. The predicted molar refractivity (Wildman–Crippen MR) is 108 cm³/mol. The van der Waals surface area contributed by atoms with Crippen LogP contribution in [0.15, 0.2) is 60.7 Å². The summed E-state index contributed by atoms with van der Waals surface area (Å²) in [4.78, 5) is 0. The second kappa shape index (κ2) is 7.12. The fourth-order valence-corrected chi connectivity index (χ4v) is 3.74. The predicted octanol–water partition coefficient (Wildman–Crippen LogP) is 7.19. The summed E-state index contributed by atoms with van der Waals surface area (Å²) >= 11 is 0. The maximum atomic E-state index is 12.9. The Morgan fingerprint density at radius 3 is 2.18 bits per heavy atom. The van der Waals surface area contributed by atoms with Crippen LogP contribution in [0.2, 0.25) is 0 Å². The van der Waals surface area contributed by atoms with Crippen molar-refractivity contribution < 1.29 is 13.2 Å². The largest absolute Gasteiger partial charge is 0.416 e. The average molecular weight is 380 g/mol. The van der Waals surface area contributed by atoms with Gasteiger partial charge in [-0.05, 0) is 70.2 Å². The van der Waals surface area contributed by atoms with Crippen LogP contribution in [0.1, 0.15) is 53.1 Å². The average Bonchev–Trinajstić information content (AvgIpc) is 3.44. The molecule has 0 radical (unpaired) electrons. The first-order valence-corrected chi connectivity index (χ1v) is 9.72. The van der Waals surface area contributed by atoms with Gasteiger partial charge in [0.25, 0.3) is 0 Å². The Hall–Kier alpha value is -2.55. The second-order valence-electron chi connectivity index (χ2n) is 7.93. The van der Waals surface area contributed by atoms with Gasteiger partial charge in [-0.1, -0.05) is 68.4 Å². The molecule has 0 atom stereocenters. The van der Waals surface area contributed by atoms with Crippen molar-refractivity contribution in [1.82, 2.24) is 0 Å². The molecule has 3 aromatic carbocycles. The Morgan fingerprint density at radius 2 is 1.50 bits per heavy atom. The minimum absolute atomic E-state index is 0.474. The van der Waals surface area contributed by atoms with Crippen LogP contribution in [0.5, 0.6) is 0 Å². The van der Waals surface area contributed by atoms with Gasteiger partial charge in [0, 0.05) is 0 Å². The lowest BCUT2D eigenvalue weighted by atomic mass is 9.92. The highest BCUT2D eigenvalue weighted by Crippen LogP contribution is 2.38. The van der Waals surface area contributed by atoms with E-state index in [0.29, 0.717) is 17.9 Å². The minimum atomic E-state index is -4.29. The quantitative estimate of drug-likeness (QED) is 0.344. The first-order valence-electron chi connectivity index (χ1n) is 9.72.